The van der Waals surface area contributed by atoms with Crippen molar-refractivity contribution in [2.75, 3.05) is 10.7 Å². The monoisotopic (exact) mass is 414 g/mol. The van der Waals surface area contributed by atoms with Gasteiger partial charge in [-0.3, -0.25) is 9.69 Å². The van der Waals surface area contributed by atoms with Gasteiger partial charge in [-0.15, -0.1) is 24.9 Å². The van der Waals surface area contributed by atoms with Crippen LogP contribution < -0.4 is 9.64 Å². The van der Waals surface area contributed by atoms with Crippen molar-refractivity contribution in [2.24, 2.45) is 0 Å². The Hall–Kier alpha value is -2.33. The lowest BCUT2D eigenvalue weighted by atomic mass is 10.2. The number of thioether (sulfide) groups is 1. The first-order chi connectivity index (χ1) is 12.8. The van der Waals surface area contributed by atoms with E-state index in [1.807, 2.05) is 0 Å². The van der Waals surface area contributed by atoms with Crippen LogP contribution in [0.3, 0.4) is 0 Å². The molecule has 2 aromatic carbocycles. The maximum Gasteiger partial charge on any atom is 0.573 e. The van der Waals surface area contributed by atoms with E-state index in [0.717, 1.165) is 16.9 Å². The molecule has 1 saturated heterocycles. The molecule has 140 valence electrons. The zero-order valence-corrected chi connectivity index (χ0v) is 15.0. The molecule has 0 radical (unpaired) electrons. The molecule has 1 aromatic heterocycles. The fourth-order valence-electron chi connectivity index (χ4n) is 2.70. The van der Waals surface area contributed by atoms with Crippen LogP contribution in [0.5, 0.6) is 5.75 Å². The lowest BCUT2D eigenvalue weighted by Crippen LogP contribution is -2.27. The second-order valence-corrected chi connectivity index (χ2v) is 7.73. The smallest absolute Gasteiger partial charge is 0.406 e. The van der Waals surface area contributed by atoms with E-state index < -0.39 is 6.36 Å². The first kappa shape index (κ1) is 18.1. The number of aromatic nitrogens is 1. The number of carbonyl (C=O) groups is 1. The summed E-state index contributed by atoms with van der Waals surface area (Å²) in [7, 11) is 0. The van der Waals surface area contributed by atoms with Gasteiger partial charge in [-0.25, -0.2) is 9.37 Å². The third-order valence-corrected chi connectivity index (χ3v) is 6.04. The predicted octanol–water partition coefficient (Wildman–Crippen LogP) is 5.11. The number of ether oxygens (including phenoxy) is 1. The van der Waals surface area contributed by atoms with Gasteiger partial charge < -0.3 is 4.74 Å². The van der Waals surface area contributed by atoms with Crippen LogP contribution in [-0.2, 0) is 4.79 Å². The number of hydrogen-bond acceptors (Lipinski definition) is 5. The molecule has 0 spiro atoms. The lowest BCUT2D eigenvalue weighted by Gasteiger charge is -2.21. The van der Waals surface area contributed by atoms with Gasteiger partial charge in [0.15, 0.2) is 5.13 Å². The summed E-state index contributed by atoms with van der Waals surface area (Å²) >= 11 is 2.48. The number of rotatable bonds is 3. The Morgan fingerprint density at radius 2 is 1.89 bits per heavy atom. The Kier molecular flexibility index (Phi) is 4.47. The van der Waals surface area contributed by atoms with Crippen LogP contribution in [0.1, 0.15) is 10.9 Å². The maximum absolute atomic E-state index is 13.2. The first-order valence-electron chi connectivity index (χ1n) is 7.66. The fraction of sp³-hybridized carbons (Fsp3) is 0.176. The molecule has 0 N–H and O–H groups in total. The molecule has 4 nitrogen and oxygen atoms in total. The SMILES string of the molecule is O=C1CSC(c2ccc(F)cc2)N1c1nc2ccc(OC(F)(F)F)cc2s1. The second kappa shape index (κ2) is 6.68. The summed E-state index contributed by atoms with van der Waals surface area (Å²) < 4.78 is 54.8. The molecule has 2 heterocycles. The van der Waals surface area contributed by atoms with E-state index >= 15 is 0 Å². The Morgan fingerprint density at radius 1 is 1.15 bits per heavy atom. The molecule has 1 unspecified atom stereocenters. The fourth-order valence-corrected chi connectivity index (χ4v) is 4.96. The van der Waals surface area contributed by atoms with Gasteiger partial charge in [-0.05, 0) is 29.8 Å². The van der Waals surface area contributed by atoms with Gasteiger partial charge in [0, 0.05) is 6.07 Å². The van der Waals surface area contributed by atoms with E-state index in [4.69, 9.17) is 0 Å². The molecule has 10 heteroatoms. The van der Waals surface area contributed by atoms with E-state index in [2.05, 4.69) is 9.72 Å². The summed E-state index contributed by atoms with van der Waals surface area (Å²) in [6, 6.07) is 9.66. The van der Waals surface area contributed by atoms with Crippen molar-refractivity contribution in [1.29, 1.82) is 0 Å². The summed E-state index contributed by atoms with van der Waals surface area (Å²) in [5.41, 5.74) is 1.21. The van der Waals surface area contributed by atoms with Crippen LogP contribution in [0.15, 0.2) is 42.5 Å². The number of benzene rings is 2. The zero-order chi connectivity index (χ0) is 19.2. The van der Waals surface area contributed by atoms with Crippen LogP contribution in [0.2, 0.25) is 0 Å². The largest absolute Gasteiger partial charge is 0.573 e. The van der Waals surface area contributed by atoms with Crippen LogP contribution in [-0.4, -0.2) is 23.0 Å². The summed E-state index contributed by atoms with van der Waals surface area (Å²) in [4.78, 5) is 18.2. The number of carbonyl (C=O) groups excluding carboxylic acids is 1. The molecular formula is C17H10F4N2O2S2. The highest BCUT2D eigenvalue weighted by atomic mass is 32.2. The van der Waals surface area contributed by atoms with E-state index in [9.17, 15) is 22.4 Å². The van der Waals surface area contributed by atoms with Crippen molar-refractivity contribution < 1.29 is 27.1 Å². The Bertz CT molecular complexity index is 1000. The summed E-state index contributed by atoms with van der Waals surface area (Å²) in [6.45, 7) is 0. The van der Waals surface area contributed by atoms with Gasteiger partial charge in [0.1, 0.15) is 16.9 Å². The number of halogens is 4. The van der Waals surface area contributed by atoms with Gasteiger partial charge in [0.25, 0.3) is 0 Å². The Morgan fingerprint density at radius 3 is 2.59 bits per heavy atom. The number of thiazole rings is 1. The predicted molar refractivity (Wildman–Crippen MR) is 95.4 cm³/mol. The molecule has 3 aromatic rings. The summed E-state index contributed by atoms with van der Waals surface area (Å²) in [5, 5.41) is 0.00282. The topological polar surface area (TPSA) is 42.4 Å². The number of alkyl halides is 3. The minimum absolute atomic E-state index is 0.167. The lowest BCUT2D eigenvalue weighted by molar-refractivity contribution is -0.274. The van der Waals surface area contributed by atoms with Crippen LogP contribution in [0, 0.1) is 5.82 Å². The third kappa shape index (κ3) is 3.72. The zero-order valence-electron chi connectivity index (χ0n) is 13.4. The standard InChI is InChI=1S/C17H10F4N2O2S2/c18-10-3-1-9(2-4-10)15-23(14(24)8-26-15)16-22-12-6-5-11(7-13(12)27-16)25-17(19,20)21/h1-7,15H,8H2. The third-order valence-electron chi connectivity index (χ3n) is 3.81. The molecule has 1 fully saturated rings. The van der Waals surface area contributed by atoms with Gasteiger partial charge in [0.05, 0.1) is 16.0 Å². The van der Waals surface area contributed by atoms with E-state index in [-0.39, 0.29) is 28.6 Å². The molecule has 0 aliphatic carbocycles. The molecule has 0 saturated carbocycles. The van der Waals surface area contributed by atoms with Gasteiger partial charge in [-0.1, -0.05) is 23.5 Å². The molecule has 1 atom stereocenters. The molecule has 1 amide bonds. The van der Waals surface area contributed by atoms with Crippen LogP contribution in [0.4, 0.5) is 22.7 Å². The normalized spacial score (nSPS) is 17.7. The van der Waals surface area contributed by atoms with Crippen LogP contribution in [0.25, 0.3) is 10.2 Å². The quantitative estimate of drug-likeness (QED) is 0.559. The molecule has 27 heavy (non-hydrogen) atoms. The van der Waals surface area contributed by atoms with Crippen LogP contribution >= 0.6 is 23.1 Å². The summed E-state index contributed by atoms with van der Waals surface area (Å²) in [6.07, 6.45) is -4.78. The second-order valence-electron chi connectivity index (χ2n) is 5.65. The molecule has 1 aliphatic rings. The highest BCUT2D eigenvalue weighted by Crippen LogP contribution is 2.44. The first-order valence-corrected chi connectivity index (χ1v) is 9.52. The van der Waals surface area contributed by atoms with E-state index in [1.165, 1.54) is 47.0 Å². The number of amides is 1. The summed E-state index contributed by atoms with van der Waals surface area (Å²) in [5.74, 6) is -0.653. The number of anilines is 1. The van der Waals surface area contributed by atoms with Crippen molar-refractivity contribution in [1.82, 2.24) is 4.98 Å². The molecular weight excluding hydrogens is 404 g/mol. The van der Waals surface area contributed by atoms with Gasteiger partial charge in [0.2, 0.25) is 5.91 Å². The van der Waals surface area contributed by atoms with Crippen molar-refractivity contribution in [2.45, 2.75) is 11.7 Å². The Balaban J connectivity index is 1.69. The average Bonchev–Trinajstić information content (AvgIpc) is 3.16. The average molecular weight is 414 g/mol. The number of fused-ring (bicyclic) bond motifs is 1. The molecule has 1 aliphatic heterocycles. The van der Waals surface area contributed by atoms with Crippen molar-refractivity contribution >= 4 is 44.4 Å². The van der Waals surface area contributed by atoms with E-state index in [1.54, 1.807) is 12.1 Å². The van der Waals surface area contributed by atoms with E-state index in [0.29, 0.717) is 15.3 Å². The van der Waals surface area contributed by atoms with Crippen molar-refractivity contribution in [3.8, 4) is 5.75 Å². The highest BCUT2D eigenvalue weighted by molar-refractivity contribution is 8.00. The van der Waals surface area contributed by atoms with Crippen molar-refractivity contribution in [3.05, 3.63) is 53.8 Å². The minimum atomic E-state index is -4.78. The van der Waals surface area contributed by atoms with Crippen molar-refractivity contribution in [3.63, 3.8) is 0 Å². The number of hydrogen-bond donors (Lipinski definition) is 0. The molecule has 4 rings (SSSR count). The number of nitrogens with zero attached hydrogens (tertiary/aromatic N) is 2. The van der Waals surface area contributed by atoms with Gasteiger partial charge in [-0.2, -0.15) is 0 Å². The Labute approximate surface area is 158 Å². The molecule has 0 bridgehead atoms. The van der Waals surface area contributed by atoms with Gasteiger partial charge >= 0.3 is 6.36 Å². The maximum atomic E-state index is 13.2. The minimum Gasteiger partial charge on any atom is -0.406 e. The highest BCUT2D eigenvalue weighted by Gasteiger charge is 2.36.